The van der Waals surface area contributed by atoms with Gasteiger partial charge in [0.25, 0.3) is 0 Å². The van der Waals surface area contributed by atoms with E-state index in [1.165, 1.54) is 5.56 Å². The number of ether oxygens (including phenoxy) is 1. The lowest BCUT2D eigenvalue weighted by atomic mass is 9.73. The van der Waals surface area contributed by atoms with Gasteiger partial charge in [-0.15, -0.1) is 0 Å². The maximum Gasteiger partial charge on any atom is 0.229 e. The zero-order chi connectivity index (χ0) is 20.4. The molecule has 0 aromatic heterocycles. The quantitative estimate of drug-likeness (QED) is 0.844. The van der Waals surface area contributed by atoms with Gasteiger partial charge in [-0.3, -0.25) is 4.79 Å². The van der Waals surface area contributed by atoms with Crippen molar-refractivity contribution in [3.63, 3.8) is 0 Å². The first-order valence-electron chi connectivity index (χ1n) is 10.8. The third-order valence-corrected chi connectivity index (χ3v) is 6.86. The van der Waals surface area contributed by atoms with Crippen LogP contribution in [0.3, 0.4) is 0 Å². The molecule has 3 aliphatic heterocycles. The van der Waals surface area contributed by atoms with Gasteiger partial charge in [-0.05, 0) is 37.7 Å². The molecule has 1 aromatic rings. The Hall–Kier alpha value is -1.92. The third kappa shape index (κ3) is 4.19. The van der Waals surface area contributed by atoms with Gasteiger partial charge in [0.2, 0.25) is 5.91 Å². The highest BCUT2D eigenvalue weighted by molar-refractivity contribution is 6.02. The van der Waals surface area contributed by atoms with Crippen LogP contribution in [0.4, 0.5) is 0 Å². The van der Waals surface area contributed by atoms with Crippen molar-refractivity contribution in [1.82, 2.24) is 4.90 Å². The van der Waals surface area contributed by atoms with E-state index in [4.69, 9.17) is 9.57 Å². The summed E-state index contributed by atoms with van der Waals surface area (Å²) in [6.07, 6.45) is 3.10. The molecule has 4 rings (SSSR count). The molecular weight excluding hydrogens is 368 g/mol. The topological polar surface area (TPSA) is 71.4 Å². The average Bonchev–Trinajstić information content (AvgIpc) is 3.18. The molecule has 6 heteroatoms. The molecule has 1 amide bonds. The van der Waals surface area contributed by atoms with Crippen LogP contribution in [-0.2, 0) is 14.4 Å². The molecular formula is C23H32N2O4. The standard InChI is InChI=1S/C23H32N2O4/c1-16-5-3-4-6-19(16)20-13-18(29-24-20)14-23(8-11-28-12-9-23)22(27)25-10-7-21(26)17(2)15-25/h3-6,17-18,21,26H,7-15H2,1-2H3/t17-,18-,21+/m0/s1. The molecule has 3 aliphatic rings. The predicted octanol–water partition coefficient (Wildman–Crippen LogP) is 2.90. The van der Waals surface area contributed by atoms with Crippen LogP contribution >= 0.6 is 0 Å². The maximum absolute atomic E-state index is 13.6. The van der Waals surface area contributed by atoms with Crippen LogP contribution < -0.4 is 0 Å². The number of nitrogens with zero attached hydrogens (tertiary/aromatic N) is 2. The minimum atomic E-state index is -0.457. The summed E-state index contributed by atoms with van der Waals surface area (Å²) < 4.78 is 5.59. The molecule has 0 radical (unpaired) electrons. The Morgan fingerprint density at radius 1 is 1.31 bits per heavy atom. The second-order valence-corrected chi connectivity index (χ2v) is 8.97. The highest BCUT2D eigenvalue weighted by Gasteiger charge is 2.46. The minimum absolute atomic E-state index is 0.0838. The van der Waals surface area contributed by atoms with Gasteiger partial charge in [0.1, 0.15) is 6.10 Å². The second-order valence-electron chi connectivity index (χ2n) is 8.97. The monoisotopic (exact) mass is 400 g/mol. The fourth-order valence-electron chi connectivity index (χ4n) is 4.95. The highest BCUT2D eigenvalue weighted by atomic mass is 16.6. The molecule has 3 atom stereocenters. The van der Waals surface area contributed by atoms with Gasteiger partial charge in [-0.1, -0.05) is 36.3 Å². The third-order valence-electron chi connectivity index (χ3n) is 6.86. The van der Waals surface area contributed by atoms with Crippen molar-refractivity contribution in [1.29, 1.82) is 0 Å². The van der Waals surface area contributed by atoms with Gasteiger partial charge in [0.05, 0.1) is 17.2 Å². The Balaban J connectivity index is 1.47. The molecule has 0 aliphatic carbocycles. The Labute approximate surface area is 172 Å². The Bertz CT molecular complexity index is 772. The summed E-state index contributed by atoms with van der Waals surface area (Å²) in [5.41, 5.74) is 2.83. The van der Waals surface area contributed by atoms with Gasteiger partial charge in [0, 0.05) is 44.7 Å². The van der Waals surface area contributed by atoms with Crippen LogP contribution in [0.1, 0.15) is 50.2 Å². The Morgan fingerprint density at radius 2 is 2.07 bits per heavy atom. The van der Waals surface area contributed by atoms with Crippen molar-refractivity contribution in [2.75, 3.05) is 26.3 Å². The molecule has 29 heavy (non-hydrogen) atoms. The summed E-state index contributed by atoms with van der Waals surface area (Å²) in [5, 5.41) is 14.4. The molecule has 1 N–H and O–H groups in total. The number of oxime groups is 1. The molecule has 0 spiro atoms. The van der Waals surface area contributed by atoms with Crippen LogP contribution in [0.15, 0.2) is 29.4 Å². The number of hydrogen-bond acceptors (Lipinski definition) is 5. The van der Waals surface area contributed by atoms with E-state index in [9.17, 15) is 9.90 Å². The lowest BCUT2D eigenvalue weighted by molar-refractivity contribution is -0.155. The molecule has 2 saturated heterocycles. The maximum atomic E-state index is 13.6. The van der Waals surface area contributed by atoms with Crippen molar-refractivity contribution in [2.45, 2.75) is 58.2 Å². The summed E-state index contributed by atoms with van der Waals surface area (Å²) >= 11 is 0. The van der Waals surface area contributed by atoms with Gasteiger partial charge in [0.15, 0.2) is 0 Å². The first-order valence-corrected chi connectivity index (χ1v) is 10.8. The van der Waals surface area contributed by atoms with Crippen molar-refractivity contribution >= 4 is 11.6 Å². The zero-order valence-corrected chi connectivity index (χ0v) is 17.5. The second kappa shape index (κ2) is 8.44. The normalized spacial score (nSPS) is 29.3. The van der Waals surface area contributed by atoms with Gasteiger partial charge >= 0.3 is 0 Å². The summed E-state index contributed by atoms with van der Waals surface area (Å²) in [4.78, 5) is 21.4. The smallest absolute Gasteiger partial charge is 0.229 e. The van der Waals surface area contributed by atoms with Crippen LogP contribution in [0.2, 0.25) is 0 Å². The molecule has 3 heterocycles. The molecule has 6 nitrogen and oxygen atoms in total. The Morgan fingerprint density at radius 3 is 2.79 bits per heavy atom. The van der Waals surface area contributed by atoms with E-state index in [2.05, 4.69) is 24.2 Å². The van der Waals surface area contributed by atoms with Crippen molar-refractivity contribution in [3.8, 4) is 0 Å². The average molecular weight is 401 g/mol. The number of benzene rings is 1. The zero-order valence-electron chi connectivity index (χ0n) is 17.5. The van der Waals surface area contributed by atoms with E-state index in [0.29, 0.717) is 39.1 Å². The predicted molar refractivity (Wildman–Crippen MR) is 111 cm³/mol. The number of rotatable bonds is 4. The van der Waals surface area contributed by atoms with Gasteiger partial charge in [-0.2, -0.15) is 0 Å². The van der Waals surface area contributed by atoms with Crippen LogP contribution in [0, 0.1) is 18.3 Å². The number of aliphatic hydroxyl groups excluding tert-OH is 1. The van der Waals surface area contributed by atoms with Crippen molar-refractivity contribution < 1.29 is 19.5 Å². The van der Waals surface area contributed by atoms with E-state index >= 15 is 0 Å². The van der Waals surface area contributed by atoms with E-state index in [1.807, 2.05) is 24.0 Å². The molecule has 2 fully saturated rings. The Kier molecular flexibility index (Phi) is 5.93. The van der Waals surface area contributed by atoms with Crippen molar-refractivity contribution in [2.24, 2.45) is 16.5 Å². The lowest BCUT2D eigenvalue weighted by Gasteiger charge is -2.43. The van der Waals surface area contributed by atoms with Crippen LogP contribution in [-0.4, -0.2) is 60.1 Å². The highest BCUT2D eigenvalue weighted by Crippen LogP contribution is 2.41. The molecule has 0 saturated carbocycles. The van der Waals surface area contributed by atoms with Crippen LogP contribution in [0.25, 0.3) is 0 Å². The molecule has 0 bridgehead atoms. The van der Waals surface area contributed by atoms with E-state index in [-0.39, 0.29) is 24.0 Å². The number of carbonyl (C=O) groups is 1. The van der Waals surface area contributed by atoms with E-state index in [1.54, 1.807) is 0 Å². The van der Waals surface area contributed by atoms with Gasteiger partial charge in [-0.25, -0.2) is 0 Å². The number of amides is 1. The fourth-order valence-corrected chi connectivity index (χ4v) is 4.95. The summed E-state index contributed by atoms with van der Waals surface area (Å²) in [6, 6.07) is 8.21. The van der Waals surface area contributed by atoms with E-state index < -0.39 is 5.41 Å². The number of piperidine rings is 1. The fraction of sp³-hybridized carbons (Fsp3) is 0.652. The molecule has 0 unspecified atom stereocenters. The first kappa shape index (κ1) is 20.4. The number of aryl methyl sites for hydroxylation is 1. The number of likely N-dealkylation sites (tertiary alicyclic amines) is 1. The first-order chi connectivity index (χ1) is 14.0. The number of hydrogen-bond donors (Lipinski definition) is 1. The lowest BCUT2D eigenvalue weighted by Crippen LogP contribution is -2.53. The van der Waals surface area contributed by atoms with Gasteiger partial charge < -0.3 is 19.6 Å². The number of aliphatic hydroxyl groups is 1. The summed E-state index contributed by atoms with van der Waals surface area (Å²) in [5.74, 6) is 0.316. The molecule has 1 aromatic carbocycles. The van der Waals surface area contributed by atoms with Crippen molar-refractivity contribution in [3.05, 3.63) is 35.4 Å². The summed E-state index contributed by atoms with van der Waals surface area (Å²) in [6.45, 7) is 6.57. The summed E-state index contributed by atoms with van der Waals surface area (Å²) in [7, 11) is 0. The number of carbonyl (C=O) groups excluding carboxylic acids is 1. The minimum Gasteiger partial charge on any atom is -0.393 e. The largest absolute Gasteiger partial charge is 0.393 e. The van der Waals surface area contributed by atoms with Crippen LogP contribution in [0.5, 0.6) is 0 Å². The van der Waals surface area contributed by atoms with E-state index in [0.717, 1.165) is 30.5 Å². The SMILES string of the molecule is Cc1ccccc1C1=NO[C@H](CC2(C(=O)N3CC[C@@H](O)[C@@H](C)C3)CCOCC2)C1. The molecule has 158 valence electrons.